The van der Waals surface area contributed by atoms with Crippen molar-refractivity contribution < 1.29 is 0 Å². The quantitative estimate of drug-likeness (QED) is 0.761. The van der Waals surface area contributed by atoms with Gasteiger partial charge in [-0.15, -0.1) is 16.4 Å². The standard InChI is InChI=1S/C17H20N6OS/c1-9-10(2)23-15(20-21-16(23)24)19-13(9)22-7-4-11-12(8-22)25-14(18-11)17(3)5-6-17/h4-8H2,1-3H3,(H,21,24). The molecule has 0 unspecified atom stereocenters. The molecule has 1 N–H and O–H groups in total. The number of hydrogen-bond donors (Lipinski definition) is 1. The highest BCUT2D eigenvalue weighted by Gasteiger charge is 2.42. The van der Waals surface area contributed by atoms with E-state index >= 15 is 0 Å². The zero-order valence-corrected chi connectivity index (χ0v) is 15.4. The summed E-state index contributed by atoms with van der Waals surface area (Å²) in [6.07, 6.45) is 3.46. The molecule has 0 spiro atoms. The molecule has 25 heavy (non-hydrogen) atoms. The number of aromatic amines is 1. The van der Waals surface area contributed by atoms with Gasteiger partial charge in [-0.1, -0.05) is 6.92 Å². The Morgan fingerprint density at radius 1 is 1.24 bits per heavy atom. The van der Waals surface area contributed by atoms with E-state index in [4.69, 9.17) is 4.98 Å². The normalized spacial score (nSPS) is 18.6. The molecular weight excluding hydrogens is 336 g/mol. The molecule has 8 heteroatoms. The summed E-state index contributed by atoms with van der Waals surface area (Å²) in [5.41, 5.74) is 3.27. The van der Waals surface area contributed by atoms with Crippen molar-refractivity contribution in [2.45, 2.75) is 52.0 Å². The van der Waals surface area contributed by atoms with Crippen molar-refractivity contribution in [1.29, 1.82) is 0 Å². The van der Waals surface area contributed by atoms with Crippen LogP contribution in [0.4, 0.5) is 5.82 Å². The van der Waals surface area contributed by atoms with Crippen LogP contribution in [0.15, 0.2) is 4.79 Å². The summed E-state index contributed by atoms with van der Waals surface area (Å²) >= 11 is 1.86. The van der Waals surface area contributed by atoms with Crippen molar-refractivity contribution in [1.82, 2.24) is 24.6 Å². The molecule has 5 rings (SSSR count). The van der Waals surface area contributed by atoms with Crippen LogP contribution in [0, 0.1) is 13.8 Å². The second kappa shape index (κ2) is 4.91. The van der Waals surface area contributed by atoms with Crippen LogP contribution in [0.3, 0.4) is 0 Å². The summed E-state index contributed by atoms with van der Waals surface area (Å²) < 4.78 is 1.53. The molecular formula is C17H20N6OS. The Morgan fingerprint density at radius 2 is 2.04 bits per heavy atom. The topological polar surface area (TPSA) is 79.2 Å². The number of H-pyrrole nitrogens is 1. The van der Waals surface area contributed by atoms with Crippen molar-refractivity contribution in [3.8, 4) is 0 Å². The Morgan fingerprint density at radius 3 is 2.80 bits per heavy atom. The van der Waals surface area contributed by atoms with Gasteiger partial charge in [0.25, 0.3) is 5.78 Å². The number of fused-ring (bicyclic) bond motifs is 2. The van der Waals surface area contributed by atoms with E-state index in [0.717, 1.165) is 36.6 Å². The van der Waals surface area contributed by atoms with Crippen LogP contribution in [-0.4, -0.2) is 31.1 Å². The average molecular weight is 356 g/mol. The number of aromatic nitrogens is 5. The van der Waals surface area contributed by atoms with E-state index < -0.39 is 0 Å². The summed E-state index contributed by atoms with van der Waals surface area (Å²) in [5.74, 6) is 1.35. The minimum atomic E-state index is -0.236. The number of rotatable bonds is 2. The van der Waals surface area contributed by atoms with Gasteiger partial charge >= 0.3 is 5.69 Å². The number of nitrogens with zero attached hydrogens (tertiary/aromatic N) is 5. The summed E-state index contributed by atoms with van der Waals surface area (Å²) in [7, 11) is 0. The van der Waals surface area contributed by atoms with Crippen molar-refractivity contribution >= 4 is 22.9 Å². The van der Waals surface area contributed by atoms with Gasteiger partial charge in [0.15, 0.2) is 0 Å². The molecule has 1 fully saturated rings. The largest absolute Gasteiger partial charge is 0.351 e. The maximum absolute atomic E-state index is 11.9. The molecule has 3 aromatic heterocycles. The first kappa shape index (κ1) is 15.1. The minimum Gasteiger partial charge on any atom is -0.351 e. The first-order valence-electron chi connectivity index (χ1n) is 8.65. The van der Waals surface area contributed by atoms with E-state index in [9.17, 15) is 4.79 Å². The zero-order chi connectivity index (χ0) is 17.3. The smallest absolute Gasteiger partial charge is 0.349 e. The Kier molecular flexibility index (Phi) is 2.96. The minimum absolute atomic E-state index is 0.236. The first-order valence-corrected chi connectivity index (χ1v) is 9.46. The second-order valence-corrected chi connectivity index (χ2v) is 8.51. The predicted molar refractivity (Wildman–Crippen MR) is 96.5 cm³/mol. The summed E-state index contributed by atoms with van der Waals surface area (Å²) in [6.45, 7) is 8.01. The fourth-order valence-corrected chi connectivity index (χ4v) is 4.84. The van der Waals surface area contributed by atoms with Crippen molar-refractivity contribution in [2.24, 2.45) is 0 Å². The van der Waals surface area contributed by atoms with Crippen LogP contribution in [0.25, 0.3) is 5.78 Å². The highest BCUT2D eigenvalue weighted by atomic mass is 32.1. The lowest BCUT2D eigenvalue weighted by molar-refractivity contribution is 0.703. The Hall–Kier alpha value is -2.22. The van der Waals surface area contributed by atoms with Crippen LogP contribution < -0.4 is 10.6 Å². The van der Waals surface area contributed by atoms with Gasteiger partial charge < -0.3 is 4.90 Å². The summed E-state index contributed by atoms with van der Waals surface area (Å²) in [6, 6.07) is 0. The predicted octanol–water partition coefficient (Wildman–Crippen LogP) is 2.11. The van der Waals surface area contributed by atoms with Crippen molar-refractivity contribution in [2.75, 3.05) is 11.4 Å². The average Bonchev–Trinajstić information content (AvgIpc) is 3.04. The van der Waals surface area contributed by atoms with Crippen LogP contribution in [0.2, 0.25) is 0 Å². The third-order valence-electron chi connectivity index (χ3n) is 5.62. The summed E-state index contributed by atoms with van der Waals surface area (Å²) in [4.78, 5) is 25.1. The molecule has 0 atom stereocenters. The van der Waals surface area contributed by atoms with Gasteiger partial charge in [-0.3, -0.25) is 0 Å². The first-order chi connectivity index (χ1) is 12.0. The fourth-order valence-electron chi connectivity index (χ4n) is 3.52. The van der Waals surface area contributed by atoms with Crippen LogP contribution >= 0.6 is 11.3 Å². The molecule has 0 bridgehead atoms. The zero-order valence-electron chi connectivity index (χ0n) is 14.6. The monoisotopic (exact) mass is 356 g/mol. The van der Waals surface area contributed by atoms with E-state index in [0.29, 0.717) is 11.2 Å². The Bertz CT molecular complexity index is 1060. The molecule has 4 heterocycles. The van der Waals surface area contributed by atoms with Gasteiger partial charge in [0.2, 0.25) is 0 Å². The lowest BCUT2D eigenvalue weighted by Gasteiger charge is -2.28. The molecule has 1 saturated carbocycles. The molecule has 0 aromatic carbocycles. The van der Waals surface area contributed by atoms with Crippen LogP contribution in [0.1, 0.15) is 46.6 Å². The lowest BCUT2D eigenvalue weighted by atomic mass is 10.1. The van der Waals surface area contributed by atoms with Gasteiger partial charge in [-0.05, 0) is 26.7 Å². The molecule has 3 aromatic rings. The third kappa shape index (κ3) is 2.16. The Labute approximate surface area is 148 Å². The number of hydrogen-bond acceptors (Lipinski definition) is 6. The van der Waals surface area contributed by atoms with E-state index in [2.05, 4.69) is 27.0 Å². The maximum Gasteiger partial charge on any atom is 0.349 e. The van der Waals surface area contributed by atoms with Crippen LogP contribution in [0.5, 0.6) is 0 Å². The molecule has 130 valence electrons. The van der Waals surface area contributed by atoms with E-state index in [1.165, 1.54) is 32.8 Å². The fraction of sp³-hybridized carbons (Fsp3) is 0.529. The molecule has 7 nitrogen and oxygen atoms in total. The number of nitrogens with one attached hydrogen (secondary N) is 1. The highest BCUT2D eigenvalue weighted by Crippen LogP contribution is 2.49. The lowest BCUT2D eigenvalue weighted by Crippen LogP contribution is -2.31. The highest BCUT2D eigenvalue weighted by molar-refractivity contribution is 7.12. The molecule has 0 amide bonds. The van der Waals surface area contributed by atoms with Gasteiger partial charge in [0, 0.05) is 34.5 Å². The van der Waals surface area contributed by atoms with E-state index in [1.807, 2.05) is 25.2 Å². The van der Waals surface area contributed by atoms with Gasteiger partial charge in [0.05, 0.1) is 17.2 Å². The van der Waals surface area contributed by atoms with Gasteiger partial charge in [-0.2, -0.15) is 4.98 Å². The maximum atomic E-state index is 11.9. The molecule has 1 aliphatic carbocycles. The molecule has 0 saturated heterocycles. The van der Waals surface area contributed by atoms with E-state index in [-0.39, 0.29) is 5.69 Å². The van der Waals surface area contributed by atoms with Gasteiger partial charge in [-0.25, -0.2) is 19.3 Å². The van der Waals surface area contributed by atoms with Crippen LogP contribution in [-0.2, 0) is 18.4 Å². The Balaban J connectivity index is 1.54. The molecule has 0 radical (unpaired) electrons. The number of aryl methyl sites for hydroxylation is 1. The van der Waals surface area contributed by atoms with E-state index in [1.54, 1.807) is 0 Å². The molecule has 2 aliphatic rings. The van der Waals surface area contributed by atoms with Crippen molar-refractivity contribution in [3.63, 3.8) is 0 Å². The van der Waals surface area contributed by atoms with Crippen molar-refractivity contribution in [3.05, 3.63) is 37.3 Å². The molecule has 1 aliphatic heterocycles. The number of anilines is 1. The number of thiazole rings is 1. The SMILES string of the molecule is Cc1c(N2CCc3nc(C4(C)CC4)sc3C2)nc2n[nH]c(=O)n2c1C. The second-order valence-electron chi connectivity index (χ2n) is 7.43. The summed E-state index contributed by atoms with van der Waals surface area (Å²) in [5, 5.41) is 7.83. The third-order valence-corrected chi connectivity index (χ3v) is 7.01. The van der Waals surface area contributed by atoms with Gasteiger partial charge in [0.1, 0.15) is 5.82 Å².